The zero-order chi connectivity index (χ0) is 22.5. The van der Waals surface area contributed by atoms with Crippen molar-refractivity contribution < 1.29 is 9.59 Å². The highest BCUT2D eigenvalue weighted by Crippen LogP contribution is 2.42. The molecule has 3 atom stereocenters. The Kier molecular flexibility index (Phi) is 5.74. The van der Waals surface area contributed by atoms with Crippen LogP contribution in [-0.2, 0) is 6.54 Å². The van der Waals surface area contributed by atoms with Gasteiger partial charge in [0.05, 0.1) is 4.88 Å². The summed E-state index contributed by atoms with van der Waals surface area (Å²) in [6.07, 6.45) is 4.48. The largest absolute Gasteiger partial charge is 0.428 e. The molecule has 2 bridgehead atoms. The molecule has 3 N–H and O–H groups in total. The molecule has 1 amide bonds. The Morgan fingerprint density at radius 1 is 1.16 bits per heavy atom. The highest BCUT2D eigenvalue weighted by atomic mass is 32.1. The van der Waals surface area contributed by atoms with Gasteiger partial charge in [-0.05, 0) is 84.4 Å². The lowest BCUT2D eigenvalue weighted by atomic mass is 9.87. The fourth-order valence-electron chi connectivity index (χ4n) is 5.70. The summed E-state index contributed by atoms with van der Waals surface area (Å²) in [5, 5.41) is 2.07. The molecule has 3 aromatic rings. The zero-order valence-corrected chi connectivity index (χ0v) is 20.7. The highest BCUT2D eigenvalue weighted by Gasteiger charge is 2.39. The van der Waals surface area contributed by atoms with Crippen LogP contribution in [0.15, 0.2) is 48.5 Å². The molecule has 0 radical (unpaired) electrons. The van der Waals surface area contributed by atoms with Gasteiger partial charge >= 0.3 is 0 Å². The van der Waals surface area contributed by atoms with Crippen LogP contribution >= 0.6 is 11.3 Å². The van der Waals surface area contributed by atoms with E-state index in [2.05, 4.69) is 35.2 Å². The third-order valence-electron chi connectivity index (χ3n) is 7.33. The second-order valence-electron chi connectivity index (χ2n) is 10.1. The quantitative estimate of drug-likeness (QED) is 0.556. The Labute approximate surface area is 195 Å². The summed E-state index contributed by atoms with van der Waals surface area (Å²) >= 11 is 1.57. The van der Waals surface area contributed by atoms with Crippen molar-refractivity contribution in [3.05, 3.63) is 64.5 Å². The van der Waals surface area contributed by atoms with E-state index in [1.54, 1.807) is 11.3 Å². The molecule has 168 valence electrons. The second kappa shape index (κ2) is 8.41. The number of nitrogens with two attached hydrogens (primary N) is 1. The first-order chi connectivity index (χ1) is 15.3. The van der Waals surface area contributed by atoms with E-state index in [1.807, 2.05) is 31.3 Å². The number of fused-ring (bicyclic) bond motifs is 5. The standard InChI is InChI=1S/C26H32N2O2SSi/c1-32(2,30)25-8-4-7-23-22(25)14-24(31-23)26(29)28-16-18-9-10-21(28)13-20(12-18)19-6-3-5-17(11-19)15-27/h3-8,11,14,18,20-21,30H,9-10,12-13,15-16,27H2,1-2H3. The van der Waals surface area contributed by atoms with Crippen molar-refractivity contribution in [1.29, 1.82) is 0 Å². The summed E-state index contributed by atoms with van der Waals surface area (Å²) in [5.41, 5.74) is 8.44. The number of benzene rings is 2. The smallest absolute Gasteiger partial charge is 0.264 e. The van der Waals surface area contributed by atoms with Crippen LogP contribution in [-0.4, -0.2) is 36.5 Å². The van der Waals surface area contributed by atoms with Crippen molar-refractivity contribution in [1.82, 2.24) is 4.90 Å². The molecule has 32 heavy (non-hydrogen) atoms. The van der Waals surface area contributed by atoms with Crippen molar-refractivity contribution >= 4 is 40.8 Å². The number of piperidine rings is 1. The van der Waals surface area contributed by atoms with Crippen molar-refractivity contribution in [2.24, 2.45) is 11.7 Å². The SMILES string of the molecule is C[Si](C)(O)c1cccc2sc(C(=O)N3CC4CCC3CC(c3cccc(CN)c3)C4)cc12. The van der Waals surface area contributed by atoms with E-state index in [4.69, 9.17) is 5.73 Å². The fourth-order valence-corrected chi connectivity index (χ4v) is 8.21. The molecule has 2 aromatic carbocycles. The fraction of sp³-hybridized carbons (Fsp3) is 0.423. The molecular formula is C26H32N2O2SSi. The highest BCUT2D eigenvalue weighted by molar-refractivity contribution is 7.21. The van der Waals surface area contributed by atoms with Crippen molar-refractivity contribution in [2.75, 3.05) is 6.54 Å². The maximum Gasteiger partial charge on any atom is 0.264 e. The molecule has 6 heteroatoms. The second-order valence-corrected chi connectivity index (χ2v) is 14.8. The first-order valence-corrected chi connectivity index (χ1v) is 15.4. The van der Waals surface area contributed by atoms with Gasteiger partial charge < -0.3 is 15.4 Å². The van der Waals surface area contributed by atoms with Gasteiger partial charge in [-0.2, -0.15) is 0 Å². The van der Waals surface area contributed by atoms with Gasteiger partial charge in [-0.3, -0.25) is 4.79 Å². The minimum absolute atomic E-state index is 0.167. The molecule has 3 heterocycles. The van der Waals surface area contributed by atoms with Crippen LogP contribution in [0.25, 0.3) is 10.1 Å². The Bertz CT molecular complexity index is 1150. The topological polar surface area (TPSA) is 66.6 Å². The van der Waals surface area contributed by atoms with E-state index < -0.39 is 8.32 Å². The molecule has 3 unspecified atom stereocenters. The maximum absolute atomic E-state index is 13.7. The number of carbonyl (C=O) groups excluding carboxylic acids is 1. The summed E-state index contributed by atoms with van der Waals surface area (Å²) in [4.78, 5) is 27.4. The summed E-state index contributed by atoms with van der Waals surface area (Å²) in [6, 6.07) is 17.1. The van der Waals surface area contributed by atoms with Crippen LogP contribution in [0.3, 0.4) is 0 Å². The van der Waals surface area contributed by atoms with Crippen LogP contribution in [0.1, 0.15) is 52.4 Å². The first-order valence-electron chi connectivity index (χ1n) is 11.7. The first kappa shape index (κ1) is 21.8. The van der Waals surface area contributed by atoms with E-state index in [0.717, 1.165) is 46.0 Å². The summed E-state index contributed by atoms with van der Waals surface area (Å²) in [7, 11) is -2.46. The van der Waals surface area contributed by atoms with Crippen LogP contribution in [0.4, 0.5) is 0 Å². The number of hydrogen-bond donors (Lipinski definition) is 2. The third-order valence-corrected chi connectivity index (χ3v) is 10.2. The Balaban J connectivity index is 1.43. The monoisotopic (exact) mass is 464 g/mol. The van der Waals surface area contributed by atoms with E-state index in [9.17, 15) is 9.59 Å². The molecule has 3 fully saturated rings. The van der Waals surface area contributed by atoms with E-state index in [-0.39, 0.29) is 5.91 Å². The summed E-state index contributed by atoms with van der Waals surface area (Å²) < 4.78 is 1.09. The van der Waals surface area contributed by atoms with Crippen LogP contribution in [0, 0.1) is 5.92 Å². The summed E-state index contributed by atoms with van der Waals surface area (Å²) in [6.45, 7) is 5.31. The van der Waals surface area contributed by atoms with Gasteiger partial charge in [0, 0.05) is 23.8 Å². The molecule has 1 aromatic heterocycles. The van der Waals surface area contributed by atoms with E-state index in [0.29, 0.717) is 24.4 Å². The third kappa shape index (κ3) is 4.05. The van der Waals surface area contributed by atoms with E-state index in [1.165, 1.54) is 17.5 Å². The lowest BCUT2D eigenvalue weighted by Crippen LogP contribution is -2.45. The predicted octanol–water partition coefficient (Wildman–Crippen LogP) is 4.56. The van der Waals surface area contributed by atoms with Gasteiger partial charge in [0.2, 0.25) is 8.32 Å². The van der Waals surface area contributed by atoms with Gasteiger partial charge in [-0.25, -0.2) is 0 Å². The van der Waals surface area contributed by atoms with Crippen molar-refractivity contribution in [3.8, 4) is 0 Å². The molecule has 1 aliphatic carbocycles. The lowest BCUT2D eigenvalue weighted by molar-refractivity contribution is 0.0575. The van der Waals surface area contributed by atoms with Gasteiger partial charge in [0.25, 0.3) is 5.91 Å². The number of thiophene rings is 1. The van der Waals surface area contributed by atoms with Crippen LogP contribution in [0.5, 0.6) is 0 Å². The van der Waals surface area contributed by atoms with Gasteiger partial charge in [-0.15, -0.1) is 11.3 Å². The van der Waals surface area contributed by atoms with Crippen molar-refractivity contribution in [2.45, 2.75) is 57.3 Å². The van der Waals surface area contributed by atoms with Gasteiger partial charge in [0.15, 0.2) is 0 Å². The molecule has 0 spiro atoms. The molecule has 2 aliphatic heterocycles. The number of hydrogen-bond acceptors (Lipinski definition) is 4. The Morgan fingerprint density at radius 2 is 1.97 bits per heavy atom. The van der Waals surface area contributed by atoms with Crippen molar-refractivity contribution in [3.63, 3.8) is 0 Å². The number of carbonyl (C=O) groups is 1. The predicted molar refractivity (Wildman–Crippen MR) is 135 cm³/mol. The minimum atomic E-state index is -2.46. The van der Waals surface area contributed by atoms with Crippen LogP contribution < -0.4 is 10.9 Å². The van der Waals surface area contributed by atoms with Gasteiger partial charge in [0.1, 0.15) is 0 Å². The molecular weight excluding hydrogens is 432 g/mol. The molecule has 3 aliphatic rings. The average Bonchev–Trinajstić information content (AvgIpc) is 3.00. The number of amides is 1. The summed E-state index contributed by atoms with van der Waals surface area (Å²) in [5.74, 6) is 1.21. The Hall–Kier alpha value is -1.99. The molecule has 1 saturated carbocycles. The van der Waals surface area contributed by atoms with Crippen LogP contribution in [0.2, 0.25) is 13.1 Å². The maximum atomic E-state index is 13.7. The normalized spacial score (nSPS) is 23.5. The Morgan fingerprint density at radius 3 is 2.75 bits per heavy atom. The van der Waals surface area contributed by atoms with E-state index >= 15 is 0 Å². The zero-order valence-electron chi connectivity index (χ0n) is 18.9. The van der Waals surface area contributed by atoms with Gasteiger partial charge in [-0.1, -0.05) is 36.4 Å². The molecule has 2 saturated heterocycles. The number of rotatable bonds is 4. The number of nitrogens with zero attached hydrogens (tertiary/aromatic N) is 1. The molecule has 6 rings (SSSR count). The minimum Gasteiger partial charge on any atom is -0.428 e. The molecule has 4 nitrogen and oxygen atoms in total. The average molecular weight is 465 g/mol. The lowest BCUT2D eigenvalue weighted by Gasteiger charge is -2.36.